The first-order valence-electron chi connectivity index (χ1n) is 8.29. The molecule has 1 N–H and O–H groups in total. The van der Waals surface area contributed by atoms with Crippen molar-refractivity contribution in [3.8, 4) is 0 Å². The Balaban J connectivity index is 1.84. The van der Waals surface area contributed by atoms with E-state index in [0.717, 1.165) is 10.6 Å². The molecular weight excluding hydrogens is 354 g/mol. The molecule has 0 saturated heterocycles. The minimum atomic E-state index is -0.958. The van der Waals surface area contributed by atoms with Crippen molar-refractivity contribution >= 4 is 34.7 Å². The Bertz CT molecular complexity index is 838. The zero-order valence-corrected chi connectivity index (χ0v) is 16.4. The molecule has 0 spiro atoms. The summed E-state index contributed by atoms with van der Waals surface area (Å²) in [6.07, 6.45) is -0.952. The summed E-state index contributed by atoms with van der Waals surface area (Å²) in [5, 5.41) is 6.95. The van der Waals surface area contributed by atoms with Gasteiger partial charge in [0.05, 0.1) is 28.4 Å². The lowest BCUT2D eigenvalue weighted by Crippen LogP contribution is -2.30. The molecule has 0 aliphatic rings. The van der Waals surface area contributed by atoms with Gasteiger partial charge in [-0.2, -0.15) is 5.10 Å². The molecule has 8 heteroatoms. The van der Waals surface area contributed by atoms with Crippen LogP contribution in [0.2, 0.25) is 0 Å². The minimum Gasteiger partial charge on any atom is -0.453 e. The maximum Gasteiger partial charge on any atom is 0.307 e. The van der Waals surface area contributed by atoms with E-state index in [1.807, 2.05) is 19.9 Å². The monoisotopic (exact) mass is 377 g/mol. The number of hydrogen-bond donors (Lipinski definition) is 1. The number of nitrogens with one attached hydrogen (secondary N) is 1. The van der Waals surface area contributed by atoms with Crippen LogP contribution < -0.4 is 5.32 Å². The summed E-state index contributed by atoms with van der Waals surface area (Å²) in [7, 11) is 1.79. The van der Waals surface area contributed by atoms with Gasteiger partial charge >= 0.3 is 5.97 Å². The van der Waals surface area contributed by atoms with E-state index < -0.39 is 18.0 Å². The van der Waals surface area contributed by atoms with Gasteiger partial charge < -0.3 is 10.1 Å². The van der Waals surface area contributed by atoms with Crippen LogP contribution in [-0.4, -0.2) is 33.5 Å². The lowest BCUT2D eigenvalue weighted by molar-refractivity contribution is -0.153. The number of ether oxygens (including phenoxy) is 1. The van der Waals surface area contributed by atoms with Gasteiger partial charge in [-0.05, 0) is 39.8 Å². The van der Waals surface area contributed by atoms with Gasteiger partial charge in [0.15, 0.2) is 11.9 Å². The molecule has 2 aromatic heterocycles. The van der Waals surface area contributed by atoms with Gasteiger partial charge in [-0.15, -0.1) is 11.3 Å². The Morgan fingerprint density at radius 1 is 1.23 bits per heavy atom. The summed E-state index contributed by atoms with van der Waals surface area (Å²) < 4.78 is 6.80. The minimum absolute atomic E-state index is 0.0572. The molecule has 140 valence electrons. The Kier molecular flexibility index (Phi) is 6.31. The van der Waals surface area contributed by atoms with E-state index in [1.54, 1.807) is 24.7 Å². The van der Waals surface area contributed by atoms with E-state index in [9.17, 15) is 14.4 Å². The van der Waals surface area contributed by atoms with Gasteiger partial charge in [0.2, 0.25) is 0 Å². The van der Waals surface area contributed by atoms with Crippen LogP contribution in [0, 0.1) is 20.8 Å². The first-order valence-corrected chi connectivity index (χ1v) is 9.11. The molecule has 2 aromatic rings. The molecule has 0 radical (unpaired) electrons. The number of Topliss-reactive ketones (excluding diaryl/α,β-unsaturated/α-hetero) is 1. The van der Waals surface area contributed by atoms with E-state index in [0.29, 0.717) is 16.3 Å². The van der Waals surface area contributed by atoms with Crippen LogP contribution in [0.25, 0.3) is 0 Å². The molecule has 0 aliphatic heterocycles. The zero-order chi connectivity index (χ0) is 19.4. The van der Waals surface area contributed by atoms with Crippen LogP contribution in [0.15, 0.2) is 12.1 Å². The molecule has 0 aliphatic carbocycles. The summed E-state index contributed by atoms with van der Waals surface area (Å²) in [5.74, 6) is -1.11. The average Bonchev–Trinajstić information content (AvgIpc) is 3.11. The summed E-state index contributed by atoms with van der Waals surface area (Å²) in [6, 6.07) is 3.62. The predicted molar refractivity (Wildman–Crippen MR) is 99.5 cm³/mol. The SMILES string of the molecule is Cc1ccc(C(=O)CCC(=O)OC(C)C(=O)Nc2c(C)nn(C)c2C)s1. The normalized spacial score (nSPS) is 11.9. The van der Waals surface area contributed by atoms with Crippen molar-refractivity contribution in [2.75, 3.05) is 5.32 Å². The Morgan fingerprint density at radius 2 is 1.92 bits per heavy atom. The van der Waals surface area contributed by atoms with Crippen molar-refractivity contribution in [2.24, 2.45) is 7.05 Å². The van der Waals surface area contributed by atoms with Gasteiger partial charge in [0.1, 0.15) is 0 Å². The van der Waals surface area contributed by atoms with Crippen LogP contribution in [0.1, 0.15) is 45.7 Å². The molecule has 2 rings (SSSR count). The molecule has 7 nitrogen and oxygen atoms in total. The van der Waals surface area contributed by atoms with E-state index >= 15 is 0 Å². The molecule has 0 aromatic carbocycles. The van der Waals surface area contributed by atoms with Crippen molar-refractivity contribution in [1.29, 1.82) is 0 Å². The van der Waals surface area contributed by atoms with Crippen molar-refractivity contribution in [3.05, 3.63) is 33.3 Å². The second-order valence-corrected chi connectivity index (χ2v) is 7.41. The van der Waals surface area contributed by atoms with Crippen LogP contribution in [0.4, 0.5) is 5.69 Å². The van der Waals surface area contributed by atoms with Gasteiger partial charge in [-0.25, -0.2) is 0 Å². The summed E-state index contributed by atoms with van der Waals surface area (Å²) >= 11 is 1.40. The molecule has 2 heterocycles. The number of aromatic nitrogens is 2. The highest BCUT2D eigenvalue weighted by molar-refractivity contribution is 7.14. The van der Waals surface area contributed by atoms with Crippen LogP contribution in [0.5, 0.6) is 0 Å². The number of thiophene rings is 1. The van der Waals surface area contributed by atoms with Crippen LogP contribution in [-0.2, 0) is 21.4 Å². The highest BCUT2D eigenvalue weighted by Gasteiger charge is 2.21. The molecule has 0 saturated carbocycles. The first-order chi connectivity index (χ1) is 12.2. The van der Waals surface area contributed by atoms with Crippen molar-refractivity contribution < 1.29 is 19.1 Å². The van der Waals surface area contributed by atoms with Gasteiger partial charge in [-0.3, -0.25) is 19.1 Å². The first kappa shape index (κ1) is 19.8. The lowest BCUT2D eigenvalue weighted by Gasteiger charge is -2.13. The summed E-state index contributed by atoms with van der Waals surface area (Å²) in [5.41, 5.74) is 2.11. The molecule has 26 heavy (non-hydrogen) atoms. The fourth-order valence-electron chi connectivity index (χ4n) is 2.41. The fourth-order valence-corrected chi connectivity index (χ4v) is 3.25. The molecular formula is C18H23N3O4S. The Morgan fingerprint density at radius 3 is 2.46 bits per heavy atom. The highest BCUT2D eigenvalue weighted by atomic mass is 32.1. The number of ketones is 1. The summed E-state index contributed by atoms with van der Waals surface area (Å²) in [4.78, 5) is 37.8. The molecule has 1 amide bonds. The standard InChI is InChI=1S/C18H23N3O4S/c1-10-6-8-15(26-10)14(22)7-9-16(23)25-13(4)18(24)19-17-11(2)20-21(5)12(17)3/h6,8,13H,7,9H2,1-5H3,(H,19,24). The van der Waals surface area contributed by atoms with E-state index in [2.05, 4.69) is 10.4 Å². The predicted octanol–water partition coefficient (Wildman–Crippen LogP) is 2.94. The number of carbonyl (C=O) groups excluding carboxylic acids is 3. The number of anilines is 1. The van der Waals surface area contributed by atoms with Crippen molar-refractivity contribution in [2.45, 2.75) is 46.6 Å². The topological polar surface area (TPSA) is 90.3 Å². The van der Waals surface area contributed by atoms with Crippen LogP contribution in [0.3, 0.4) is 0 Å². The number of aryl methyl sites for hydroxylation is 3. The van der Waals surface area contributed by atoms with Crippen molar-refractivity contribution in [1.82, 2.24) is 9.78 Å². The Hall–Kier alpha value is -2.48. The van der Waals surface area contributed by atoms with E-state index in [-0.39, 0.29) is 18.6 Å². The van der Waals surface area contributed by atoms with Crippen molar-refractivity contribution in [3.63, 3.8) is 0 Å². The lowest BCUT2D eigenvalue weighted by atomic mass is 10.2. The van der Waals surface area contributed by atoms with Crippen LogP contribution >= 0.6 is 11.3 Å². The van der Waals surface area contributed by atoms with Gasteiger partial charge in [0.25, 0.3) is 5.91 Å². The quantitative estimate of drug-likeness (QED) is 0.592. The number of amides is 1. The molecule has 0 fully saturated rings. The van der Waals surface area contributed by atoms with Gasteiger partial charge in [0, 0.05) is 18.3 Å². The smallest absolute Gasteiger partial charge is 0.307 e. The highest BCUT2D eigenvalue weighted by Crippen LogP contribution is 2.19. The third-order valence-electron chi connectivity index (χ3n) is 4.01. The number of carbonyl (C=O) groups is 3. The Labute approximate surface area is 156 Å². The zero-order valence-electron chi connectivity index (χ0n) is 15.6. The number of rotatable bonds is 7. The van der Waals surface area contributed by atoms with Gasteiger partial charge in [-0.1, -0.05) is 0 Å². The summed E-state index contributed by atoms with van der Waals surface area (Å²) in [6.45, 7) is 7.04. The average molecular weight is 377 g/mol. The molecule has 1 unspecified atom stereocenters. The molecule has 1 atom stereocenters. The number of nitrogens with zero attached hydrogens (tertiary/aromatic N) is 2. The second-order valence-electron chi connectivity index (χ2n) is 6.12. The third kappa shape index (κ3) is 4.78. The largest absolute Gasteiger partial charge is 0.453 e. The molecule has 0 bridgehead atoms. The maximum atomic E-state index is 12.2. The number of hydrogen-bond acceptors (Lipinski definition) is 6. The van der Waals surface area contributed by atoms with E-state index in [1.165, 1.54) is 18.3 Å². The maximum absolute atomic E-state index is 12.2. The second kappa shape index (κ2) is 8.27. The fraction of sp³-hybridized carbons (Fsp3) is 0.444. The van der Waals surface area contributed by atoms with E-state index in [4.69, 9.17) is 4.74 Å². The number of esters is 1. The third-order valence-corrected chi connectivity index (χ3v) is 5.05.